The zero-order valence-corrected chi connectivity index (χ0v) is 19.1. The molecule has 4 rings (SSSR count). The minimum atomic E-state index is -0.909. The van der Waals surface area contributed by atoms with E-state index in [1.165, 1.54) is 12.5 Å². The lowest BCUT2D eigenvalue weighted by Gasteiger charge is -2.30. The smallest absolute Gasteiger partial charge is 0.250 e. The molecule has 0 saturated carbocycles. The van der Waals surface area contributed by atoms with Crippen LogP contribution in [0.3, 0.4) is 0 Å². The van der Waals surface area contributed by atoms with Crippen molar-refractivity contribution in [3.8, 4) is 11.1 Å². The van der Waals surface area contributed by atoms with Crippen LogP contribution in [0.15, 0.2) is 42.6 Å². The minimum absolute atomic E-state index is 0.124. The van der Waals surface area contributed by atoms with Crippen LogP contribution in [0.25, 0.3) is 22.0 Å². The maximum absolute atomic E-state index is 12.2. The average Bonchev–Trinajstić information content (AvgIpc) is 3.22. The molecule has 7 nitrogen and oxygen atoms in total. The zero-order valence-electron chi connectivity index (χ0n) is 18.3. The highest BCUT2D eigenvalue weighted by atomic mass is 32.2. The fourth-order valence-corrected chi connectivity index (χ4v) is 5.44. The Hall–Kier alpha value is -2.97. The molecule has 0 spiro atoms. The topological polar surface area (TPSA) is 108 Å². The van der Waals surface area contributed by atoms with Gasteiger partial charge in [0.2, 0.25) is 5.91 Å². The molecular formula is C24H28N4O3S. The highest BCUT2D eigenvalue weighted by molar-refractivity contribution is 7.82. The van der Waals surface area contributed by atoms with Gasteiger partial charge in [0.05, 0.1) is 22.1 Å². The molecule has 0 aliphatic carbocycles. The molecule has 2 amide bonds. The largest absolute Gasteiger partial charge is 0.366 e. The molecule has 1 fully saturated rings. The Morgan fingerprint density at radius 1 is 1.16 bits per heavy atom. The number of rotatable bonds is 6. The number of nitrogens with zero attached hydrogens (tertiary/aromatic N) is 1. The number of piperidine rings is 1. The Morgan fingerprint density at radius 2 is 1.84 bits per heavy atom. The first-order valence-electron chi connectivity index (χ1n) is 10.8. The van der Waals surface area contributed by atoms with Gasteiger partial charge in [0.15, 0.2) is 0 Å². The Bertz CT molecular complexity index is 1180. The lowest BCUT2D eigenvalue weighted by Crippen LogP contribution is -2.35. The molecule has 1 unspecified atom stereocenters. The predicted molar refractivity (Wildman–Crippen MR) is 129 cm³/mol. The molecule has 1 atom stereocenters. The van der Waals surface area contributed by atoms with E-state index in [4.69, 9.17) is 5.73 Å². The third-order valence-electron chi connectivity index (χ3n) is 6.05. The number of carbonyl (C=O) groups excluding carboxylic acids is 2. The number of primary amides is 1. The van der Waals surface area contributed by atoms with Gasteiger partial charge in [0.25, 0.3) is 5.91 Å². The number of nitrogens with one attached hydrogen (secondary N) is 2. The van der Waals surface area contributed by atoms with Crippen molar-refractivity contribution in [1.29, 1.82) is 0 Å². The van der Waals surface area contributed by atoms with Crippen LogP contribution in [-0.2, 0) is 15.8 Å². The van der Waals surface area contributed by atoms with Gasteiger partial charge in [-0.15, -0.1) is 0 Å². The molecule has 168 valence electrons. The summed E-state index contributed by atoms with van der Waals surface area (Å²) in [5, 5.41) is 3.76. The number of aromatic amines is 1. The van der Waals surface area contributed by atoms with Crippen LogP contribution >= 0.6 is 0 Å². The fraction of sp³-hybridized carbons (Fsp3) is 0.333. The number of hydrogen-bond donors (Lipinski definition) is 3. The Balaban J connectivity index is 1.70. The summed E-state index contributed by atoms with van der Waals surface area (Å²) in [6.45, 7) is 5.01. The molecule has 2 aromatic carbocycles. The number of hydrogen-bond acceptors (Lipinski definition) is 3. The fourth-order valence-electron chi connectivity index (χ4n) is 4.45. The molecule has 1 saturated heterocycles. The molecule has 0 radical (unpaired) electrons. The lowest BCUT2D eigenvalue weighted by atomic mass is 9.88. The van der Waals surface area contributed by atoms with Crippen LogP contribution in [0, 0.1) is 0 Å². The molecule has 2 heterocycles. The third-order valence-corrected chi connectivity index (χ3v) is 7.49. The van der Waals surface area contributed by atoms with Crippen LogP contribution < -0.4 is 11.1 Å². The second kappa shape index (κ2) is 9.26. The Morgan fingerprint density at radius 3 is 2.44 bits per heavy atom. The standard InChI is InChI=1S/C24H28N4O3S/c1-3-32(31)28-10-8-17(9-11-28)22-14-26-23-20(22)12-18(13-21(23)24(25)30)16-4-6-19(7-5-16)27-15(2)29/h4-7,12-14,17,26H,3,8-11H2,1-2H3,(H2,25,30)(H,27,29). The van der Waals surface area contributed by atoms with Gasteiger partial charge in [-0.2, -0.15) is 0 Å². The summed E-state index contributed by atoms with van der Waals surface area (Å²) < 4.78 is 14.2. The van der Waals surface area contributed by atoms with Gasteiger partial charge in [-0.25, -0.2) is 8.51 Å². The maximum atomic E-state index is 12.2. The number of nitrogens with two attached hydrogens (primary N) is 1. The number of aromatic nitrogens is 1. The van der Waals surface area contributed by atoms with Gasteiger partial charge in [0, 0.05) is 43.0 Å². The number of benzene rings is 2. The summed E-state index contributed by atoms with van der Waals surface area (Å²) in [6, 6.07) is 11.4. The number of carbonyl (C=O) groups is 2. The molecule has 0 bridgehead atoms. The second-order valence-electron chi connectivity index (χ2n) is 8.13. The van der Waals surface area contributed by atoms with E-state index in [0.717, 1.165) is 53.6 Å². The van der Waals surface area contributed by atoms with Gasteiger partial charge in [-0.3, -0.25) is 9.59 Å². The van der Waals surface area contributed by atoms with E-state index in [2.05, 4.69) is 16.4 Å². The van der Waals surface area contributed by atoms with Crippen molar-refractivity contribution in [1.82, 2.24) is 9.29 Å². The van der Waals surface area contributed by atoms with E-state index >= 15 is 0 Å². The molecule has 32 heavy (non-hydrogen) atoms. The SMILES string of the molecule is CCS(=O)N1CCC(c2c[nH]c3c(C(N)=O)cc(-c4ccc(NC(C)=O)cc4)cc23)CC1. The Labute approximate surface area is 190 Å². The molecule has 8 heteroatoms. The summed E-state index contributed by atoms with van der Waals surface area (Å²) in [4.78, 5) is 26.8. The molecule has 1 aromatic heterocycles. The summed E-state index contributed by atoms with van der Waals surface area (Å²) in [5.41, 5.74) is 10.6. The third kappa shape index (κ3) is 4.47. The number of amides is 2. The molecule has 4 N–H and O–H groups in total. The van der Waals surface area contributed by atoms with E-state index in [1.54, 1.807) is 0 Å². The van der Waals surface area contributed by atoms with Crippen LogP contribution in [-0.4, -0.2) is 44.2 Å². The van der Waals surface area contributed by atoms with Crippen molar-refractivity contribution in [3.05, 3.63) is 53.7 Å². The highest BCUT2D eigenvalue weighted by Crippen LogP contribution is 2.37. The molecule has 1 aliphatic rings. The van der Waals surface area contributed by atoms with Gasteiger partial charge in [0.1, 0.15) is 0 Å². The molecular weight excluding hydrogens is 424 g/mol. The van der Waals surface area contributed by atoms with E-state index in [0.29, 0.717) is 17.2 Å². The maximum Gasteiger partial charge on any atom is 0.250 e. The first-order valence-corrected chi connectivity index (χ1v) is 12.1. The van der Waals surface area contributed by atoms with Gasteiger partial charge in [-0.1, -0.05) is 19.1 Å². The van der Waals surface area contributed by atoms with Crippen molar-refractivity contribution >= 4 is 39.4 Å². The molecule has 1 aliphatic heterocycles. The lowest BCUT2D eigenvalue weighted by molar-refractivity contribution is -0.114. The van der Waals surface area contributed by atoms with Gasteiger partial charge >= 0.3 is 0 Å². The first-order chi connectivity index (χ1) is 15.4. The van der Waals surface area contributed by atoms with Crippen molar-refractivity contribution in [2.24, 2.45) is 5.73 Å². The van der Waals surface area contributed by atoms with E-state index in [9.17, 15) is 13.8 Å². The Kier molecular flexibility index (Phi) is 6.43. The van der Waals surface area contributed by atoms with Crippen molar-refractivity contribution < 1.29 is 13.8 Å². The number of H-pyrrole nitrogens is 1. The van der Waals surface area contributed by atoms with Crippen molar-refractivity contribution in [2.45, 2.75) is 32.6 Å². The molecule has 3 aromatic rings. The van der Waals surface area contributed by atoms with Crippen molar-refractivity contribution in [3.63, 3.8) is 0 Å². The van der Waals surface area contributed by atoms with Crippen molar-refractivity contribution in [2.75, 3.05) is 24.2 Å². The average molecular weight is 453 g/mol. The summed E-state index contributed by atoms with van der Waals surface area (Å²) in [6.07, 6.45) is 3.82. The van der Waals surface area contributed by atoms with Gasteiger partial charge < -0.3 is 16.0 Å². The normalized spacial score (nSPS) is 16.2. The predicted octanol–water partition coefficient (Wildman–Crippen LogP) is 3.76. The summed E-state index contributed by atoms with van der Waals surface area (Å²) in [7, 11) is -0.909. The van der Waals surface area contributed by atoms with Crippen LogP contribution in [0.4, 0.5) is 5.69 Å². The van der Waals surface area contributed by atoms with Gasteiger partial charge in [-0.05, 0) is 59.7 Å². The highest BCUT2D eigenvalue weighted by Gasteiger charge is 2.26. The minimum Gasteiger partial charge on any atom is -0.366 e. The number of fused-ring (bicyclic) bond motifs is 1. The zero-order chi connectivity index (χ0) is 22.8. The van der Waals surface area contributed by atoms with Crippen LogP contribution in [0.1, 0.15) is 48.5 Å². The monoisotopic (exact) mass is 452 g/mol. The van der Waals surface area contributed by atoms with E-state index in [1.807, 2.05) is 47.8 Å². The second-order valence-corrected chi connectivity index (χ2v) is 9.86. The first kappa shape index (κ1) is 22.2. The summed E-state index contributed by atoms with van der Waals surface area (Å²) >= 11 is 0. The summed E-state index contributed by atoms with van der Waals surface area (Å²) in [5.74, 6) is 0.366. The van der Waals surface area contributed by atoms with E-state index in [-0.39, 0.29) is 5.91 Å². The quantitative estimate of drug-likeness (QED) is 0.530. The number of anilines is 1. The van der Waals surface area contributed by atoms with Crippen LogP contribution in [0.5, 0.6) is 0 Å². The van der Waals surface area contributed by atoms with Crippen LogP contribution in [0.2, 0.25) is 0 Å². The van der Waals surface area contributed by atoms with E-state index < -0.39 is 16.9 Å².